The molecule has 0 spiro atoms. The van der Waals surface area contributed by atoms with Gasteiger partial charge in [0.25, 0.3) is 0 Å². The van der Waals surface area contributed by atoms with Crippen LogP contribution in [-0.4, -0.2) is 38.3 Å². The molecule has 0 saturated carbocycles. The number of nitrogens with two attached hydrogens (primary N) is 1. The van der Waals surface area contributed by atoms with E-state index >= 15 is 0 Å². The molecule has 112 valence electrons. The summed E-state index contributed by atoms with van der Waals surface area (Å²) in [4.78, 5) is 2.42. The second kappa shape index (κ2) is 7.16. The summed E-state index contributed by atoms with van der Waals surface area (Å²) in [6, 6.07) is 5.17. The van der Waals surface area contributed by atoms with Crippen molar-refractivity contribution in [3.63, 3.8) is 0 Å². The molecular weight excluding hydrogens is 255 g/mol. The predicted octanol–water partition coefficient (Wildman–Crippen LogP) is 2.49. The number of nitrogens with zero attached hydrogens (tertiary/aromatic N) is 1. The van der Waals surface area contributed by atoms with E-state index < -0.39 is 0 Å². The molecule has 1 aromatic carbocycles. The predicted molar refractivity (Wildman–Crippen MR) is 79.1 cm³/mol. The van der Waals surface area contributed by atoms with Crippen LogP contribution < -0.4 is 5.73 Å². The van der Waals surface area contributed by atoms with Crippen molar-refractivity contribution in [1.82, 2.24) is 4.90 Å². The summed E-state index contributed by atoms with van der Waals surface area (Å²) >= 11 is 0. The first-order valence-corrected chi connectivity index (χ1v) is 7.34. The molecule has 2 unspecified atom stereocenters. The van der Waals surface area contributed by atoms with Crippen LogP contribution in [0.15, 0.2) is 18.2 Å². The number of hydrogen-bond donors (Lipinski definition) is 1. The van der Waals surface area contributed by atoms with Crippen molar-refractivity contribution in [1.29, 1.82) is 0 Å². The SMILES string of the molecule is COCC1CCCN(C(CN)c2ccc(F)cc2C)C1. The first-order valence-electron chi connectivity index (χ1n) is 7.34. The fourth-order valence-electron chi connectivity index (χ4n) is 3.24. The van der Waals surface area contributed by atoms with Crippen molar-refractivity contribution in [3.8, 4) is 0 Å². The molecule has 1 saturated heterocycles. The topological polar surface area (TPSA) is 38.5 Å². The smallest absolute Gasteiger partial charge is 0.123 e. The lowest BCUT2D eigenvalue weighted by atomic mass is 9.93. The number of methoxy groups -OCH3 is 1. The molecule has 1 aliphatic rings. The number of hydrogen-bond acceptors (Lipinski definition) is 3. The lowest BCUT2D eigenvalue weighted by molar-refractivity contribution is 0.0695. The van der Waals surface area contributed by atoms with Crippen molar-refractivity contribution in [3.05, 3.63) is 35.1 Å². The monoisotopic (exact) mass is 280 g/mol. The van der Waals surface area contributed by atoms with Gasteiger partial charge in [-0.15, -0.1) is 0 Å². The maximum absolute atomic E-state index is 13.3. The zero-order chi connectivity index (χ0) is 14.5. The summed E-state index contributed by atoms with van der Waals surface area (Å²) in [6.07, 6.45) is 2.38. The second-order valence-electron chi connectivity index (χ2n) is 5.71. The number of rotatable bonds is 5. The quantitative estimate of drug-likeness (QED) is 0.900. The van der Waals surface area contributed by atoms with Crippen LogP contribution in [0.4, 0.5) is 4.39 Å². The van der Waals surface area contributed by atoms with Gasteiger partial charge in [-0.1, -0.05) is 6.07 Å². The van der Waals surface area contributed by atoms with Crippen molar-refractivity contribution in [2.75, 3.05) is 33.4 Å². The third-order valence-electron chi connectivity index (χ3n) is 4.21. The summed E-state index contributed by atoms with van der Waals surface area (Å²) in [5.74, 6) is 0.390. The highest BCUT2D eigenvalue weighted by molar-refractivity contribution is 5.30. The molecule has 0 aliphatic carbocycles. The van der Waals surface area contributed by atoms with E-state index in [1.807, 2.05) is 13.0 Å². The molecule has 0 aromatic heterocycles. The minimum Gasteiger partial charge on any atom is -0.384 e. The Bertz CT molecular complexity index is 436. The Kier molecular flexibility index (Phi) is 5.52. The van der Waals surface area contributed by atoms with Crippen LogP contribution in [0.1, 0.15) is 30.0 Å². The van der Waals surface area contributed by atoms with E-state index in [1.165, 1.54) is 18.9 Å². The zero-order valence-corrected chi connectivity index (χ0v) is 12.4. The van der Waals surface area contributed by atoms with Gasteiger partial charge in [0.15, 0.2) is 0 Å². The fourth-order valence-corrected chi connectivity index (χ4v) is 3.24. The molecule has 1 fully saturated rings. The molecule has 0 bridgehead atoms. The summed E-state index contributed by atoms with van der Waals surface area (Å²) in [5, 5.41) is 0. The third-order valence-corrected chi connectivity index (χ3v) is 4.21. The van der Waals surface area contributed by atoms with E-state index in [2.05, 4.69) is 4.90 Å². The van der Waals surface area contributed by atoms with Gasteiger partial charge in [-0.05, 0) is 55.5 Å². The first kappa shape index (κ1) is 15.4. The van der Waals surface area contributed by atoms with Crippen molar-refractivity contribution in [2.24, 2.45) is 11.7 Å². The minimum atomic E-state index is -0.182. The second-order valence-corrected chi connectivity index (χ2v) is 5.71. The average molecular weight is 280 g/mol. The van der Waals surface area contributed by atoms with Crippen LogP contribution in [0, 0.1) is 18.7 Å². The largest absolute Gasteiger partial charge is 0.384 e. The molecule has 0 amide bonds. The van der Waals surface area contributed by atoms with Gasteiger partial charge in [0.05, 0.1) is 6.61 Å². The summed E-state index contributed by atoms with van der Waals surface area (Å²) < 4.78 is 18.5. The summed E-state index contributed by atoms with van der Waals surface area (Å²) in [5.41, 5.74) is 8.12. The van der Waals surface area contributed by atoms with Gasteiger partial charge < -0.3 is 10.5 Å². The molecule has 20 heavy (non-hydrogen) atoms. The minimum absolute atomic E-state index is 0.176. The Labute approximate surface area is 120 Å². The van der Waals surface area contributed by atoms with Crippen LogP contribution in [0.3, 0.4) is 0 Å². The lowest BCUT2D eigenvalue weighted by Crippen LogP contribution is -2.42. The number of aryl methyl sites for hydroxylation is 1. The van der Waals surface area contributed by atoms with Crippen LogP contribution in [-0.2, 0) is 4.74 Å². The van der Waals surface area contributed by atoms with E-state index in [0.717, 1.165) is 30.8 Å². The Balaban J connectivity index is 2.14. The van der Waals surface area contributed by atoms with E-state index in [9.17, 15) is 4.39 Å². The third kappa shape index (κ3) is 3.57. The van der Waals surface area contributed by atoms with Crippen molar-refractivity contribution >= 4 is 0 Å². The Morgan fingerprint density at radius 2 is 2.30 bits per heavy atom. The Morgan fingerprint density at radius 3 is 2.95 bits per heavy atom. The van der Waals surface area contributed by atoms with Crippen LogP contribution in [0.5, 0.6) is 0 Å². The van der Waals surface area contributed by atoms with Gasteiger partial charge in [0.2, 0.25) is 0 Å². The van der Waals surface area contributed by atoms with E-state index in [0.29, 0.717) is 12.5 Å². The molecule has 2 atom stereocenters. The highest BCUT2D eigenvalue weighted by atomic mass is 19.1. The maximum atomic E-state index is 13.3. The number of benzene rings is 1. The number of ether oxygens (including phenoxy) is 1. The molecule has 4 heteroatoms. The highest BCUT2D eigenvalue weighted by Gasteiger charge is 2.26. The molecule has 1 aromatic rings. The normalized spacial score (nSPS) is 21.9. The number of likely N-dealkylation sites (tertiary alicyclic amines) is 1. The van der Waals surface area contributed by atoms with Gasteiger partial charge in [0.1, 0.15) is 5.82 Å². The summed E-state index contributed by atoms with van der Waals surface area (Å²) in [6.45, 7) is 5.38. The van der Waals surface area contributed by atoms with Crippen LogP contribution >= 0.6 is 0 Å². The average Bonchev–Trinajstić information content (AvgIpc) is 2.43. The standard InChI is InChI=1S/C16H25FN2O/c1-12-8-14(17)5-6-15(12)16(9-18)19-7-3-4-13(10-19)11-20-2/h5-6,8,13,16H,3-4,7,9-11,18H2,1-2H3. The molecule has 1 heterocycles. The molecule has 3 nitrogen and oxygen atoms in total. The molecule has 2 rings (SSSR count). The van der Waals surface area contributed by atoms with E-state index in [1.54, 1.807) is 13.2 Å². The van der Waals surface area contributed by atoms with Gasteiger partial charge in [-0.2, -0.15) is 0 Å². The maximum Gasteiger partial charge on any atom is 0.123 e. The number of piperidine rings is 1. The zero-order valence-electron chi connectivity index (χ0n) is 12.4. The lowest BCUT2D eigenvalue weighted by Gasteiger charge is -2.38. The summed E-state index contributed by atoms with van der Waals surface area (Å²) in [7, 11) is 1.75. The number of halogens is 1. The van der Waals surface area contributed by atoms with E-state index in [-0.39, 0.29) is 11.9 Å². The molecule has 0 radical (unpaired) electrons. The van der Waals surface area contributed by atoms with Gasteiger partial charge in [0, 0.05) is 26.2 Å². The molecule has 1 aliphatic heterocycles. The Morgan fingerprint density at radius 1 is 1.50 bits per heavy atom. The van der Waals surface area contributed by atoms with Crippen LogP contribution in [0.2, 0.25) is 0 Å². The van der Waals surface area contributed by atoms with Crippen LogP contribution in [0.25, 0.3) is 0 Å². The molecule has 2 N–H and O–H groups in total. The van der Waals surface area contributed by atoms with E-state index in [4.69, 9.17) is 10.5 Å². The fraction of sp³-hybridized carbons (Fsp3) is 0.625. The first-order chi connectivity index (χ1) is 9.65. The highest BCUT2D eigenvalue weighted by Crippen LogP contribution is 2.28. The van der Waals surface area contributed by atoms with Crippen molar-refractivity contribution in [2.45, 2.75) is 25.8 Å². The van der Waals surface area contributed by atoms with Gasteiger partial charge in [-0.25, -0.2) is 4.39 Å². The van der Waals surface area contributed by atoms with Crippen molar-refractivity contribution < 1.29 is 9.13 Å². The van der Waals surface area contributed by atoms with Gasteiger partial charge >= 0.3 is 0 Å². The van der Waals surface area contributed by atoms with Gasteiger partial charge in [-0.3, -0.25) is 4.90 Å². The Hall–Kier alpha value is -0.970. The molecular formula is C16H25FN2O.